The number of nitrogens with zero attached hydrogens (tertiary/aromatic N) is 3. The second kappa shape index (κ2) is 8.86. The molecule has 2 aliphatic rings. The highest BCUT2D eigenvalue weighted by molar-refractivity contribution is 6.09. The zero-order chi connectivity index (χ0) is 22.7. The van der Waals surface area contributed by atoms with Crippen molar-refractivity contribution in [3.05, 3.63) is 60.1 Å². The van der Waals surface area contributed by atoms with Crippen LogP contribution in [-0.4, -0.2) is 71.2 Å². The monoisotopic (exact) mass is 438 g/mol. The molecule has 0 bridgehead atoms. The van der Waals surface area contributed by atoms with Crippen LogP contribution in [0.2, 0.25) is 0 Å². The molecule has 0 aliphatic carbocycles. The highest BCUT2D eigenvalue weighted by Gasteiger charge is 2.52. The van der Waals surface area contributed by atoms with E-state index in [1.807, 2.05) is 37.3 Å². The first-order valence-electron chi connectivity index (χ1n) is 10.8. The summed E-state index contributed by atoms with van der Waals surface area (Å²) in [5.74, 6) is -0.685. The minimum absolute atomic E-state index is 0.219. The second-order valence-corrected chi connectivity index (χ2v) is 7.99. The number of amides is 5. The molecule has 2 aromatic rings. The number of imide groups is 1. The fraction of sp³-hybridized carbons (Fsp3) is 0.391. The van der Waals surface area contributed by atoms with Gasteiger partial charge in [-0.05, 0) is 24.1 Å². The summed E-state index contributed by atoms with van der Waals surface area (Å²) in [7, 11) is 0. The molecule has 3 heterocycles. The number of furan rings is 1. The maximum Gasteiger partial charge on any atom is 0.325 e. The molecule has 0 radical (unpaired) electrons. The normalized spacial score (nSPS) is 21.1. The number of nitrogens with one attached hydrogen (secondary N) is 1. The van der Waals surface area contributed by atoms with Crippen molar-refractivity contribution in [3.63, 3.8) is 0 Å². The van der Waals surface area contributed by atoms with E-state index in [-0.39, 0.29) is 24.1 Å². The topological polar surface area (TPSA) is 103 Å². The van der Waals surface area contributed by atoms with E-state index in [0.29, 0.717) is 44.6 Å². The van der Waals surface area contributed by atoms with E-state index in [9.17, 15) is 19.2 Å². The zero-order valence-corrected chi connectivity index (χ0v) is 18.0. The van der Waals surface area contributed by atoms with E-state index >= 15 is 0 Å². The molecule has 4 rings (SSSR count). The van der Waals surface area contributed by atoms with Crippen LogP contribution in [0.4, 0.5) is 4.79 Å². The lowest BCUT2D eigenvalue weighted by molar-refractivity contribution is -0.140. The summed E-state index contributed by atoms with van der Waals surface area (Å²) in [6.45, 7) is 2.99. The molecule has 2 aliphatic heterocycles. The van der Waals surface area contributed by atoms with Gasteiger partial charge < -0.3 is 19.5 Å². The van der Waals surface area contributed by atoms with Gasteiger partial charge in [-0.25, -0.2) is 4.79 Å². The summed E-state index contributed by atoms with van der Waals surface area (Å²) in [4.78, 5) is 55.5. The van der Waals surface area contributed by atoms with Crippen molar-refractivity contribution in [2.24, 2.45) is 0 Å². The van der Waals surface area contributed by atoms with Crippen LogP contribution >= 0.6 is 0 Å². The van der Waals surface area contributed by atoms with Gasteiger partial charge in [-0.15, -0.1) is 0 Å². The van der Waals surface area contributed by atoms with Crippen LogP contribution in [0.15, 0.2) is 53.1 Å². The third kappa shape index (κ3) is 3.86. The Morgan fingerprint density at radius 2 is 1.69 bits per heavy atom. The molecular formula is C23H26N4O5. The van der Waals surface area contributed by atoms with Gasteiger partial charge in [0, 0.05) is 26.2 Å². The van der Waals surface area contributed by atoms with Crippen LogP contribution in [0, 0.1) is 0 Å². The summed E-state index contributed by atoms with van der Waals surface area (Å²) in [6, 6.07) is 11.8. The molecule has 9 nitrogen and oxygen atoms in total. The molecule has 0 saturated carbocycles. The summed E-state index contributed by atoms with van der Waals surface area (Å²) in [5, 5.41) is 2.83. The quantitative estimate of drug-likeness (QED) is 0.693. The SMILES string of the molecule is CCCC1(c2ccccc2)NC(=O)N(CC(=O)N2CCN(C(=O)c3ccco3)CC2)C1=O. The van der Waals surface area contributed by atoms with Gasteiger partial charge in [-0.3, -0.25) is 19.3 Å². The molecule has 9 heteroatoms. The first kappa shape index (κ1) is 21.6. The Bertz CT molecular complexity index is 999. The smallest absolute Gasteiger partial charge is 0.325 e. The van der Waals surface area contributed by atoms with E-state index < -0.39 is 17.5 Å². The van der Waals surface area contributed by atoms with Crippen LogP contribution in [0.1, 0.15) is 35.9 Å². The van der Waals surface area contributed by atoms with E-state index in [1.165, 1.54) is 6.26 Å². The predicted molar refractivity (Wildman–Crippen MR) is 114 cm³/mol. The average molecular weight is 438 g/mol. The van der Waals surface area contributed by atoms with Gasteiger partial charge >= 0.3 is 6.03 Å². The number of urea groups is 1. The van der Waals surface area contributed by atoms with Crippen molar-refractivity contribution in [2.75, 3.05) is 32.7 Å². The van der Waals surface area contributed by atoms with Crippen LogP contribution in [0.5, 0.6) is 0 Å². The maximum atomic E-state index is 13.3. The first-order valence-corrected chi connectivity index (χ1v) is 10.8. The summed E-state index contributed by atoms with van der Waals surface area (Å²) in [6.07, 6.45) is 2.58. The van der Waals surface area contributed by atoms with Gasteiger partial charge in [0.25, 0.3) is 11.8 Å². The van der Waals surface area contributed by atoms with Crippen molar-refractivity contribution in [1.82, 2.24) is 20.0 Å². The van der Waals surface area contributed by atoms with Crippen molar-refractivity contribution >= 4 is 23.8 Å². The van der Waals surface area contributed by atoms with Crippen molar-refractivity contribution in [3.8, 4) is 0 Å². The summed E-state index contributed by atoms with van der Waals surface area (Å²) in [5.41, 5.74) is -0.443. The Kier molecular flexibility index (Phi) is 5.98. The van der Waals surface area contributed by atoms with Gasteiger partial charge in [0.15, 0.2) is 5.76 Å². The fourth-order valence-corrected chi connectivity index (χ4v) is 4.33. The second-order valence-electron chi connectivity index (χ2n) is 7.99. The molecule has 2 fully saturated rings. The van der Waals surface area contributed by atoms with E-state index in [0.717, 1.165) is 4.90 Å². The third-order valence-electron chi connectivity index (χ3n) is 6.01. The van der Waals surface area contributed by atoms with Gasteiger partial charge in [-0.2, -0.15) is 0 Å². The largest absolute Gasteiger partial charge is 0.459 e. The zero-order valence-electron chi connectivity index (χ0n) is 18.0. The molecule has 32 heavy (non-hydrogen) atoms. The first-order chi connectivity index (χ1) is 15.5. The van der Waals surface area contributed by atoms with Crippen molar-refractivity contribution in [2.45, 2.75) is 25.3 Å². The van der Waals surface area contributed by atoms with E-state index in [1.54, 1.807) is 21.9 Å². The molecular weight excluding hydrogens is 412 g/mol. The summed E-state index contributed by atoms with van der Waals surface area (Å²) < 4.78 is 5.15. The number of rotatable bonds is 6. The molecule has 1 aromatic carbocycles. The number of carbonyl (C=O) groups is 4. The van der Waals surface area contributed by atoms with Crippen LogP contribution in [0.3, 0.4) is 0 Å². The Labute approximate surface area is 185 Å². The highest BCUT2D eigenvalue weighted by atomic mass is 16.3. The standard InChI is InChI=1S/C23H26N4O5/c1-2-10-23(17-7-4-3-5-8-17)21(30)27(22(31)24-23)16-19(28)25-11-13-26(14-12-25)20(29)18-9-6-15-32-18/h3-9,15H,2,10-14,16H2,1H3,(H,24,31). The molecule has 168 valence electrons. The molecule has 5 amide bonds. The molecule has 1 unspecified atom stereocenters. The molecule has 1 N–H and O–H groups in total. The van der Waals surface area contributed by atoms with E-state index in [4.69, 9.17) is 4.42 Å². The lowest BCUT2D eigenvalue weighted by Crippen LogP contribution is -2.53. The van der Waals surface area contributed by atoms with Crippen LogP contribution in [-0.2, 0) is 15.1 Å². The lowest BCUT2D eigenvalue weighted by Gasteiger charge is -2.35. The van der Waals surface area contributed by atoms with E-state index in [2.05, 4.69) is 5.32 Å². The van der Waals surface area contributed by atoms with Gasteiger partial charge in [-0.1, -0.05) is 43.7 Å². The lowest BCUT2D eigenvalue weighted by atomic mass is 9.85. The molecule has 2 saturated heterocycles. The third-order valence-corrected chi connectivity index (χ3v) is 6.01. The number of hydrogen-bond donors (Lipinski definition) is 1. The van der Waals surface area contributed by atoms with Crippen molar-refractivity contribution in [1.29, 1.82) is 0 Å². The minimum atomic E-state index is -1.15. The molecule has 1 atom stereocenters. The summed E-state index contributed by atoms with van der Waals surface area (Å²) >= 11 is 0. The Morgan fingerprint density at radius 1 is 1.00 bits per heavy atom. The Hall–Kier alpha value is -3.62. The number of benzene rings is 1. The minimum Gasteiger partial charge on any atom is -0.459 e. The van der Waals surface area contributed by atoms with Crippen LogP contribution < -0.4 is 5.32 Å². The molecule has 0 spiro atoms. The van der Waals surface area contributed by atoms with Crippen LogP contribution in [0.25, 0.3) is 0 Å². The number of piperazine rings is 1. The maximum absolute atomic E-state index is 13.3. The van der Waals surface area contributed by atoms with Gasteiger partial charge in [0.2, 0.25) is 5.91 Å². The molecule has 1 aromatic heterocycles. The average Bonchev–Trinajstić information content (AvgIpc) is 3.43. The van der Waals surface area contributed by atoms with Gasteiger partial charge in [0.1, 0.15) is 12.1 Å². The Morgan fingerprint density at radius 3 is 2.31 bits per heavy atom. The number of carbonyl (C=O) groups excluding carboxylic acids is 4. The predicted octanol–water partition coefficient (Wildman–Crippen LogP) is 1.81. The fourth-order valence-electron chi connectivity index (χ4n) is 4.33. The Balaban J connectivity index is 1.41. The number of hydrogen-bond acceptors (Lipinski definition) is 5. The van der Waals surface area contributed by atoms with Crippen molar-refractivity contribution < 1.29 is 23.6 Å². The highest BCUT2D eigenvalue weighted by Crippen LogP contribution is 2.33. The van der Waals surface area contributed by atoms with Gasteiger partial charge in [0.05, 0.1) is 6.26 Å².